The summed E-state index contributed by atoms with van der Waals surface area (Å²) < 4.78 is 0. The molecule has 24 heavy (non-hydrogen) atoms. The van der Waals surface area contributed by atoms with Crippen LogP contribution in [0.2, 0.25) is 5.02 Å². The number of hydrogen-bond acceptors (Lipinski definition) is 4. The molecule has 1 fully saturated rings. The minimum atomic E-state index is 0.229. The largest absolute Gasteiger partial charge is 0.506 e. The molecule has 0 aliphatic carbocycles. The van der Waals surface area contributed by atoms with Crippen molar-refractivity contribution in [3.05, 3.63) is 59.6 Å². The number of aromatic nitrogens is 1. The zero-order valence-electron chi connectivity index (χ0n) is 13.2. The van der Waals surface area contributed by atoms with Gasteiger partial charge in [0.25, 0.3) is 0 Å². The number of benzene rings is 2. The van der Waals surface area contributed by atoms with Gasteiger partial charge in [-0.05, 0) is 36.4 Å². The van der Waals surface area contributed by atoms with Gasteiger partial charge in [0.1, 0.15) is 17.1 Å². The predicted molar refractivity (Wildman–Crippen MR) is 99.3 cm³/mol. The Bertz CT molecular complexity index is 875. The second kappa shape index (κ2) is 6.21. The first kappa shape index (κ1) is 15.1. The molecule has 1 aliphatic heterocycles. The molecule has 4 rings (SSSR count). The molecule has 2 heterocycles. The van der Waals surface area contributed by atoms with Crippen molar-refractivity contribution in [1.29, 1.82) is 0 Å². The van der Waals surface area contributed by atoms with Crippen molar-refractivity contribution in [3.63, 3.8) is 0 Å². The van der Waals surface area contributed by atoms with Crippen LogP contribution >= 0.6 is 11.6 Å². The minimum absolute atomic E-state index is 0.229. The first-order chi connectivity index (χ1) is 11.7. The van der Waals surface area contributed by atoms with Gasteiger partial charge in [0.15, 0.2) is 0 Å². The smallest absolute Gasteiger partial charge is 0.141 e. The van der Waals surface area contributed by atoms with Crippen LogP contribution in [0.5, 0.6) is 5.75 Å². The van der Waals surface area contributed by atoms with Crippen molar-refractivity contribution >= 4 is 34.0 Å². The molecule has 5 heteroatoms. The van der Waals surface area contributed by atoms with Gasteiger partial charge in [-0.1, -0.05) is 29.8 Å². The van der Waals surface area contributed by atoms with Gasteiger partial charge < -0.3 is 14.9 Å². The lowest BCUT2D eigenvalue weighted by Crippen LogP contribution is -2.46. The number of fused-ring (bicyclic) bond motifs is 1. The molecule has 0 amide bonds. The summed E-state index contributed by atoms with van der Waals surface area (Å²) in [5.74, 6) is 1.14. The third-order valence-electron chi connectivity index (χ3n) is 4.46. The standard InChI is InChI=1S/C19H18ClN3O/c20-15-4-2-5-16(13-15)22-9-11-23(12-10-22)18-8-7-14-3-1-6-17(24)19(14)21-18/h1-8,13,24H,9-12H2. The van der Waals surface area contributed by atoms with E-state index >= 15 is 0 Å². The molecule has 0 spiro atoms. The summed E-state index contributed by atoms with van der Waals surface area (Å²) in [7, 11) is 0. The average Bonchev–Trinajstić information content (AvgIpc) is 2.62. The second-order valence-corrected chi connectivity index (χ2v) is 6.41. The van der Waals surface area contributed by atoms with Crippen LogP contribution in [0, 0.1) is 0 Å². The SMILES string of the molecule is Oc1cccc2ccc(N3CCN(c4cccc(Cl)c4)CC3)nc12. The summed E-state index contributed by atoms with van der Waals surface area (Å²) >= 11 is 6.09. The number of phenolic OH excluding ortho intramolecular Hbond substituents is 1. The molecule has 4 nitrogen and oxygen atoms in total. The molecule has 3 aromatic rings. The molecule has 0 bridgehead atoms. The number of anilines is 2. The summed E-state index contributed by atoms with van der Waals surface area (Å²) in [6.45, 7) is 3.61. The number of para-hydroxylation sites is 1. The molecular formula is C19H18ClN3O. The van der Waals surface area contributed by atoms with Crippen LogP contribution in [0.25, 0.3) is 10.9 Å². The number of pyridine rings is 1. The molecular weight excluding hydrogens is 322 g/mol. The Labute approximate surface area is 145 Å². The third-order valence-corrected chi connectivity index (χ3v) is 4.70. The fourth-order valence-electron chi connectivity index (χ4n) is 3.16. The van der Waals surface area contributed by atoms with Gasteiger partial charge in [-0.3, -0.25) is 0 Å². The minimum Gasteiger partial charge on any atom is -0.506 e. The van der Waals surface area contributed by atoms with Crippen molar-refractivity contribution in [1.82, 2.24) is 4.98 Å². The van der Waals surface area contributed by atoms with Crippen molar-refractivity contribution in [2.45, 2.75) is 0 Å². The van der Waals surface area contributed by atoms with Gasteiger partial charge in [0.2, 0.25) is 0 Å². The van der Waals surface area contributed by atoms with E-state index in [4.69, 9.17) is 11.6 Å². The Balaban J connectivity index is 1.52. The van der Waals surface area contributed by atoms with E-state index in [-0.39, 0.29) is 5.75 Å². The first-order valence-corrected chi connectivity index (χ1v) is 8.43. The van der Waals surface area contributed by atoms with Crippen LogP contribution in [0.15, 0.2) is 54.6 Å². The highest BCUT2D eigenvalue weighted by Gasteiger charge is 2.19. The van der Waals surface area contributed by atoms with Gasteiger partial charge in [0.05, 0.1) is 0 Å². The number of nitrogens with zero attached hydrogens (tertiary/aromatic N) is 3. The van der Waals surface area contributed by atoms with E-state index in [1.165, 1.54) is 0 Å². The maximum absolute atomic E-state index is 10.0. The van der Waals surface area contributed by atoms with Gasteiger partial charge in [-0.25, -0.2) is 4.98 Å². The maximum atomic E-state index is 10.0. The molecule has 0 saturated carbocycles. The Kier molecular flexibility index (Phi) is 3.90. The second-order valence-electron chi connectivity index (χ2n) is 5.97. The van der Waals surface area contributed by atoms with Gasteiger partial charge >= 0.3 is 0 Å². The highest BCUT2D eigenvalue weighted by Crippen LogP contribution is 2.27. The van der Waals surface area contributed by atoms with Crippen molar-refractivity contribution in [2.24, 2.45) is 0 Å². The summed E-state index contributed by atoms with van der Waals surface area (Å²) in [5, 5.41) is 11.7. The Morgan fingerprint density at radius 3 is 2.42 bits per heavy atom. The number of halogens is 1. The van der Waals surface area contributed by atoms with Crippen LogP contribution in [-0.2, 0) is 0 Å². The molecule has 1 saturated heterocycles. The van der Waals surface area contributed by atoms with E-state index in [0.717, 1.165) is 48.1 Å². The number of phenols is 1. The normalized spacial score (nSPS) is 15.0. The molecule has 2 aromatic carbocycles. The summed E-state index contributed by atoms with van der Waals surface area (Å²) in [6.07, 6.45) is 0. The molecule has 1 aromatic heterocycles. The number of rotatable bonds is 2. The molecule has 0 atom stereocenters. The number of aromatic hydroxyl groups is 1. The van der Waals surface area contributed by atoms with Crippen molar-refractivity contribution in [3.8, 4) is 5.75 Å². The Hall–Kier alpha value is -2.46. The van der Waals surface area contributed by atoms with E-state index in [9.17, 15) is 5.11 Å². The lowest BCUT2D eigenvalue weighted by molar-refractivity contribution is 0.480. The van der Waals surface area contributed by atoms with Gasteiger partial charge in [-0.15, -0.1) is 0 Å². The van der Waals surface area contributed by atoms with Crippen LogP contribution in [-0.4, -0.2) is 36.3 Å². The predicted octanol–water partition coefficient (Wildman–Crippen LogP) is 3.92. The van der Waals surface area contributed by atoms with E-state index in [1.807, 2.05) is 42.5 Å². The molecule has 0 radical (unpaired) electrons. The molecule has 0 unspecified atom stereocenters. The molecule has 1 aliphatic rings. The highest BCUT2D eigenvalue weighted by atomic mass is 35.5. The fourth-order valence-corrected chi connectivity index (χ4v) is 3.35. The van der Waals surface area contributed by atoms with Crippen LogP contribution < -0.4 is 9.80 Å². The van der Waals surface area contributed by atoms with Crippen LogP contribution in [0.3, 0.4) is 0 Å². The number of piperazine rings is 1. The summed E-state index contributed by atoms with van der Waals surface area (Å²) in [4.78, 5) is 9.24. The van der Waals surface area contributed by atoms with Gasteiger partial charge in [-0.2, -0.15) is 0 Å². The Morgan fingerprint density at radius 2 is 1.62 bits per heavy atom. The Morgan fingerprint density at radius 1 is 0.875 bits per heavy atom. The topological polar surface area (TPSA) is 39.6 Å². The lowest BCUT2D eigenvalue weighted by atomic mass is 10.2. The third kappa shape index (κ3) is 2.85. The molecule has 122 valence electrons. The maximum Gasteiger partial charge on any atom is 0.141 e. The van der Waals surface area contributed by atoms with Gasteiger partial charge in [0, 0.05) is 42.3 Å². The van der Waals surface area contributed by atoms with E-state index in [0.29, 0.717) is 5.52 Å². The van der Waals surface area contributed by atoms with Crippen molar-refractivity contribution in [2.75, 3.05) is 36.0 Å². The van der Waals surface area contributed by atoms with E-state index < -0.39 is 0 Å². The van der Waals surface area contributed by atoms with Crippen LogP contribution in [0.4, 0.5) is 11.5 Å². The summed E-state index contributed by atoms with van der Waals surface area (Å²) in [5.41, 5.74) is 1.82. The summed E-state index contributed by atoms with van der Waals surface area (Å²) in [6, 6.07) is 17.5. The average molecular weight is 340 g/mol. The van der Waals surface area contributed by atoms with E-state index in [2.05, 4.69) is 20.9 Å². The number of hydrogen-bond donors (Lipinski definition) is 1. The monoisotopic (exact) mass is 339 g/mol. The van der Waals surface area contributed by atoms with Crippen LogP contribution in [0.1, 0.15) is 0 Å². The zero-order valence-corrected chi connectivity index (χ0v) is 13.9. The highest BCUT2D eigenvalue weighted by molar-refractivity contribution is 6.30. The lowest BCUT2D eigenvalue weighted by Gasteiger charge is -2.36. The zero-order chi connectivity index (χ0) is 16.5. The van der Waals surface area contributed by atoms with E-state index in [1.54, 1.807) is 6.07 Å². The fraction of sp³-hybridized carbons (Fsp3) is 0.211. The molecule has 1 N–H and O–H groups in total. The first-order valence-electron chi connectivity index (χ1n) is 8.05. The quantitative estimate of drug-likeness (QED) is 0.768. The van der Waals surface area contributed by atoms with Crippen molar-refractivity contribution < 1.29 is 5.11 Å².